The molecule has 0 rings (SSSR count). The maximum absolute atomic E-state index is 13.0. The number of phosphoric acid groups is 1. The van der Waals surface area contributed by atoms with Crippen LogP contribution in [0.3, 0.4) is 0 Å². The van der Waals surface area contributed by atoms with Crippen LogP contribution in [0.2, 0.25) is 0 Å². The lowest BCUT2D eigenvalue weighted by Crippen LogP contribution is -2.45. The fourth-order valence-corrected chi connectivity index (χ4v) is 8.95. The fourth-order valence-electron chi connectivity index (χ4n) is 8.21. The van der Waals surface area contributed by atoms with E-state index in [1.54, 1.807) is 6.08 Å². The minimum atomic E-state index is -4.38. The van der Waals surface area contributed by atoms with Gasteiger partial charge in [0.25, 0.3) is 0 Å². The molecule has 3 N–H and O–H groups in total. The second-order valence-corrected chi connectivity index (χ2v) is 23.5. The van der Waals surface area contributed by atoms with Gasteiger partial charge in [0, 0.05) is 6.42 Å². The highest BCUT2D eigenvalue weighted by Gasteiger charge is 2.27. The van der Waals surface area contributed by atoms with Crippen molar-refractivity contribution >= 4 is 13.7 Å². The van der Waals surface area contributed by atoms with E-state index in [1.807, 2.05) is 27.2 Å². The van der Waals surface area contributed by atoms with Crippen molar-refractivity contribution in [1.82, 2.24) is 5.32 Å². The lowest BCUT2D eigenvalue weighted by Gasteiger charge is -2.25. The third-order valence-corrected chi connectivity index (χ3v) is 14.2. The van der Waals surface area contributed by atoms with Crippen LogP contribution < -0.4 is 5.32 Å². The Morgan fingerprint density at radius 1 is 0.432 bits per heavy atom. The molecular formula is C72H120N2O6P+. The van der Waals surface area contributed by atoms with Gasteiger partial charge in [-0.1, -0.05) is 267 Å². The summed E-state index contributed by atoms with van der Waals surface area (Å²) >= 11 is 0. The molecule has 9 heteroatoms. The Kier molecular flexibility index (Phi) is 57.4. The quantitative estimate of drug-likeness (QED) is 0.0243. The molecule has 0 aromatic rings. The number of hydrogen-bond acceptors (Lipinski definition) is 5. The predicted octanol–water partition coefficient (Wildman–Crippen LogP) is 20.4. The molecule has 8 nitrogen and oxygen atoms in total. The number of phosphoric ester groups is 1. The van der Waals surface area contributed by atoms with Gasteiger partial charge in [0.15, 0.2) is 0 Å². The molecule has 0 saturated heterocycles. The molecule has 81 heavy (non-hydrogen) atoms. The minimum Gasteiger partial charge on any atom is -0.387 e. The van der Waals surface area contributed by atoms with E-state index in [2.05, 4.69) is 177 Å². The number of nitrogens with zero attached hydrogens (tertiary/aromatic N) is 1. The first-order chi connectivity index (χ1) is 39.5. The Morgan fingerprint density at radius 3 is 1.14 bits per heavy atom. The van der Waals surface area contributed by atoms with Crippen molar-refractivity contribution in [1.29, 1.82) is 0 Å². The summed E-state index contributed by atoms with van der Waals surface area (Å²) in [6.07, 6.45) is 96.2. The topological polar surface area (TPSA) is 105 Å². The lowest BCUT2D eigenvalue weighted by molar-refractivity contribution is -0.870. The van der Waals surface area contributed by atoms with Crippen molar-refractivity contribution in [3.05, 3.63) is 170 Å². The van der Waals surface area contributed by atoms with E-state index in [1.165, 1.54) is 77.0 Å². The molecule has 0 fully saturated rings. The van der Waals surface area contributed by atoms with Gasteiger partial charge >= 0.3 is 7.82 Å². The van der Waals surface area contributed by atoms with Gasteiger partial charge in [-0.2, -0.15) is 0 Å². The normalized spacial score (nSPS) is 14.9. The average Bonchev–Trinajstić information content (AvgIpc) is 3.43. The van der Waals surface area contributed by atoms with E-state index in [9.17, 15) is 19.4 Å². The zero-order chi connectivity index (χ0) is 59.1. The summed E-state index contributed by atoms with van der Waals surface area (Å²) in [5.41, 5.74) is 0. The summed E-state index contributed by atoms with van der Waals surface area (Å²) in [6, 6.07) is -0.890. The number of amides is 1. The van der Waals surface area contributed by atoms with Crippen LogP contribution in [-0.4, -0.2) is 73.4 Å². The molecule has 0 bridgehead atoms. The van der Waals surface area contributed by atoms with Crippen LogP contribution in [0.1, 0.15) is 226 Å². The van der Waals surface area contributed by atoms with Gasteiger partial charge in [0.05, 0.1) is 39.9 Å². The molecule has 0 radical (unpaired) electrons. The largest absolute Gasteiger partial charge is 0.472 e. The van der Waals surface area contributed by atoms with Crippen molar-refractivity contribution < 1.29 is 32.9 Å². The van der Waals surface area contributed by atoms with E-state index < -0.39 is 20.0 Å². The Hall–Kier alpha value is -4.14. The van der Waals surface area contributed by atoms with E-state index in [-0.39, 0.29) is 19.1 Å². The smallest absolute Gasteiger partial charge is 0.387 e. The first kappa shape index (κ1) is 76.9. The van der Waals surface area contributed by atoms with E-state index in [0.29, 0.717) is 17.4 Å². The van der Waals surface area contributed by atoms with E-state index in [4.69, 9.17) is 9.05 Å². The van der Waals surface area contributed by atoms with Crippen LogP contribution in [0, 0.1) is 0 Å². The number of likely N-dealkylation sites (N-methyl/N-ethyl adjacent to an activating group) is 1. The molecule has 0 spiro atoms. The molecule has 0 aromatic heterocycles. The zero-order valence-electron chi connectivity index (χ0n) is 52.2. The summed E-state index contributed by atoms with van der Waals surface area (Å²) in [5.74, 6) is -0.218. The standard InChI is InChI=1S/C72H119N2O6P/c1-6-8-10-12-14-16-18-20-22-24-26-27-28-29-30-31-32-33-34-35-36-37-38-39-40-41-42-43-44-45-46-47-48-50-52-54-56-58-60-62-64-66-72(76)73-70(69-80-81(77,78)79-68-67-74(3,4)5)71(75)65-63-61-59-57-55-53-51-49-25-23-21-19-17-15-13-11-9-7-2/h8,10,14,16,20,22,26-27,29-30,32-33,35-36,38-39,41-42,44-45,47-48,52,54-55,57,63,65,70-71,75H,6-7,9,11-13,15,17-19,21,23-25,28,31,34,37,40,43,46,49-51,53,56,58-62,64,66-69H2,1-5H3,(H-,73,76,77,78)/p+1/b10-8-,16-14-,22-20-,27-26-,30-29-,33-32-,36-35-,39-38-,42-41-,45-44-,48-47-,54-52-,57-55+,65-63+. The van der Waals surface area contributed by atoms with Crippen molar-refractivity contribution in [3.63, 3.8) is 0 Å². The molecule has 0 heterocycles. The molecular weight excluding hydrogens is 1020 g/mol. The van der Waals surface area contributed by atoms with Crippen LogP contribution in [0.25, 0.3) is 0 Å². The number of aliphatic hydroxyl groups is 1. The Bertz CT molecular complexity index is 1920. The molecule has 3 unspecified atom stereocenters. The molecule has 0 aliphatic carbocycles. The zero-order valence-corrected chi connectivity index (χ0v) is 53.1. The monoisotopic (exact) mass is 1140 g/mol. The van der Waals surface area contributed by atoms with Crippen LogP contribution in [0.4, 0.5) is 0 Å². The van der Waals surface area contributed by atoms with Gasteiger partial charge in [0.2, 0.25) is 5.91 Å². The summed E-state index contributed by atoms with van der Waals surface area (Å²) in [7, 11) is 1.51. The van der Waals surface area contributed by atoms with Gasteiger partial charge in [-0.15, -0.1) is 0 Å². The van der Waals surface area contributed by atoms with Crippen molar-refractivity contribution in [2.24, 2.45) is 0 Å². The Morgan fingerprint density at radius 2 is 0.753 bits per heavy atom. The molecule has 0 saturated carbocycles. The number of carbonyl (C=O) groups is 1. The highest BCUT2D eigenvalue weighted by molar-refractivity contribution is 7.47. The van der Waals surface area contributed by atoms with Gasteiger partial charge in [-0.05, 0) is 122 Å². The summed E-state index contributed by atoms with van der Waals surface area (Å²) < 4.78 is 23.7. The Labute approximate surface area is 498 Å². The number of quaternary nitrogens is 1. The molecule has 0 aliphatic heterocycles. The number of unbranched alkanes of at least 4 members (excludes halogenated alkanes) is 17. The second kappa shape index (κ2) is 60.5. The number of nitrogens with one attached hydrogen (secondary N) is 1. The van der Waals surface area contributed by atoms with Crippen LogP contribution in [0.5, 0.6) is 0 Å². The number of allylic oxidation sites excluding steroid dienone is 27. The maximum atomic E-state index is 13.0. The molecule has 0 aliphatic rings. The number of hydrogen-bond donors (Lipinski definition) is 3. The minimum absolute atomic E-state index is 0.0418. The van der Waals surface area contributed by atoms with Crippen LogP contribution in [0.15, 0.2) is 170 Å². The highest BCUT2D eigenvalue weighted by Crippen LogP contribution is 2.43. The molecule has 3 atom stereocenters. The molecule has 1 amide bonds. The predicted molar refractivity (Wildman–Crippen MR) is 354 cm³/mol. The van der Waals surface area contributed by atoms with Crippen molar-refractivity contribution in [2.75, 3.05) is 40.9 Å². The first-order valence-corrected chi connectivity index (χ1v) is 33.5. The molecule has 458 valence electrons. The molecule has 0 aromatic carbocycles. The van der Waals surface area contributed by atoms with Crippen molar-refractivity contribution in [2.45, 2.75) is 238 Å². The first-order valence-electron chi connectivity index (χ1n) is 32.0. The number of rotatable bonds is 56. The summed E-state index contributed by atoms with van der Waals surface area (Å²) in [6.45, 7) is 4.64. The third kappa shape index (κ3) is 63.3. The van der Waals surface area contributed by atoms with E-state index in [0.717, 1.165) is 128 Å². The van der Waals surface area contributed by atoms with Gasteiger partial charge < -0.3 is 19.8 Å². The maximum Gasteiger partial charge on any atom is 0.472 e. The number of aliphatic hydroxyl groups excluding tert-OH is 1. The summed E-state index contributed by atoms with van der Waals surface area (Å²) in [5, 5.41) is 13.9. The average molecular weight is 1140 g/mol. The van der Waals surface area contributed by atoms with Crippen LogP contribution >= 0.6 is 7.82 Å². The number of carbonyl (C=O) groups excluding carboxylic acids is 1. The van der Waals surface area contributed by atoms with Crippen LogP contribution in [-0.2, 0) is 18.4 Å². The second-order valence-electron chi connectivity index (χ2n) is 22.0. The SMILES string of the molecule is CC/C=C\C/C=C\C/C=C\C/C=C\C/C=C\C/C=C\C/C=C\C/C=C\C/C=C\C/C=C\C/C=C\C/C=C\CCCCCCC(=O)NC(COP(=O)(O)OCC[N+](C)(C)C)C(O)/C=C/CC/C=C/CCCCCCCCCCCCCC. The third-order valence-electron chi connectivity index (χ3n) is 13.2. The Balaban J connectivity index is 4.25. The van der Waals surface area contributed by atoms with E-state index >= 15 is 0 Å². The highest BCUT2D eigenvalue weighted by atomic mass is 31.2. The van der Waals surface area contributed by atoms with Gasteiger partial charge in [0.1, 0.15) is 13.2 Å². The van der Waals surface area contributed by atoms with Gasteiger partial charge in [-0.3, -0.25) is 13.8 Å². The fraction of sp³-hybridized carbons (Fsp3) is 0.597. The van der Waals surface area contributed by atoms with Crippen molar-refractivity contribution in [3.8, 4) is 0 Å². The van der Waals surface area contributed by atoms with Gasteiger partial charge in [-0.25, -0.2) is 4.57 Å². The summed E-state index contributed by atoms with van der Waals surface area (Å²) in [4.78, 5) is 23.3. The lowest BCUT2D eigenvalue weighted by atomic mass is 10.0.